The number of rotatable bonds is 4. The van der Waals surface area contributed by atoms with Crippen LogP contribution in [0.3, 0.4) is 0 Å². The minimum atomic E-state index is 0.460. The predicted octanol–water partition coefficient (Wildman–Crippen LogP) is 4.34. The Kier molecular flexibility index (Phi) is 4.47. The molecule has 3 N–H and O–H groups in total. The maximum atomic E-state index is 6.14. The van der Waals surface area contributed by atoms with Crippen molar-refractivity contribution >= 4 is 40.3 Å². The number of para-hydroxylation sites is 1. The maximum Gasteiger partial charge on any atom is 0.144 e. The van der Waals surface area contributed by atoms with Crippen molar-refractivity contribution < 1.29 is 9.47 Å². The highest BCUT2D eigenvalue weighted by atomic mass is 35.5. The van der Waals surface area contributed by atoms with Gasteiger partial charge in [0.25, 0.3) is 0 Å². The quantitative estimate of drug-likeness (QED) is 0.825. The number of nitrogens with two attached hydrogens (primary N) is 1. The number of ether oxygens (including phenoxy) is 2. The number of hydrogen-bond acceptors (Lipinski definition) is 4. The van der Waals surface area contributed by atoms with Gasteiger partial charge in [-0.25, -0.2) is 0 Å². The molecule has 20 heavy (non-hydrogen) atoms. The molecule has 2 rings (SSSR count). The van der Waals surface area contributed by atoms with E-state index in [1.807, 2.05) is 0 Å². The van der Waals surface area contributed by atoms with Crippen molar-refractivity contribution in [1.82, 2.24) is 0 Å². The predicted molar refractivity (Wildman–Crippen MR) is 83.7 cm³/mol. The summed E-state index contributed by atoms with van der Waals surface area (Å²) >= 11 is 12.2. The average molecular weight is 313 g/mol. The lowest BCUT2D eigenvalue weighted by molar-refractivity contribution is 0.405. The van der Waals surface area contributed by atoms with E-state index < -0.39 is 0 Å². The summed E-state index contributed by atoms with van der Waals surface area (Å²) in [4.78, 5) is 0. The second-order valence-corrected chi connectivity index (χ2v) is 4.83. The van der Waals surface area contributed by atoms with Gasteiger partial charge in [-0.2, -0.15) is 0 Å². The summed E-state index contributed by atoms with van der Waals surface area (Å²) in [5, 5.41) is 4.12. The average Bonchev–Trinajstić information content (AvgIpc) is 2.44. The van der Waals surface area contributed by atoms with Crippen LogP contribution in [0.1, 0.15) is 0 Å². The van der Waals surface area contributed by atoms with Gasteiger partial charge in [-0.15, -0.1) is 0 Å². The standard InChI is InChI=1S/C14H14Cl2N2O2/c1-19-12-7-11(13(20-2)6-9(12)16)18-14-8(15)4-3-5-10(14)17/h3-7,18H,17H2,1-2H3. The Bertz CT molecular complexity index is 613. The highest BCUT2D eigenvalue weighted by Gasteiger charge is 2.12. The third kappa shape index (κ3) is 2.86. The van der Waals surface area contributed by atoms with Gasteiger partial charge in [0.1, 0.15) is 11.5 Å². The smallest absolute Gasteiger partial charge is 0.144 e. The van der Waals surface area contributed by atoms with Crippen LogP contribution in [0.2, 0.25) is 10.0 Å². The van der Waals surface area contributed by atoms with Gasteiger partial charge in [0.15, 0.2) is 0 Å². The molecule has 0 radical (unpaired) electrons. The molecule has 6 heteroatoms. The fourth-order valence-corrected chi connectivity index (χ4v) is 2.23. The van der Waals surface area contributed by atoms with Gasteiger partial charge in [0.05, 0.1) is 41.3 Å². The largest absolute Gasteiger partial charge is 0.495 e. The first kappa shape index (κ1) is 14.6. The van der Waals surface area contributed by atoms with Crippen molar-refractivity contribution in [3.05, 3.63) is 40.4 Å². The third-order valence-electron chi connectivity index (χ3n) is 2.78. The molecule has 2 aromatic carbocycles. The maximum absolute atomic E-state index is 6.14. The van der Waals surface area contributed by atoms with Crippen LogP contribution in [0.25, 0.3) is 0 Å². The van der Waals surface area contributed by atoms with Gasteiger partial charge in [0.2, 0.25) is 0 Å². The van der Waals surface area contributed by atoms with E-state index in [0.29, 0.717) is 38.6 Å². The minimum Gasteiger partial charge on any atom is -0.495 e. The molecule has 106 valence electrons. The Balaban J connectivity index is 2.47. The molecule has 0 heterocycles. The molecule has 0 aliphatic heterocycles. The van der Waals surface area contributed by atoms with E-state index >= 15 is 0 Å². The topological polar surface area (TPSA) is 56.5 Å². The lowest BCUT2D eigenvalue weighted by atomic mass is 10.2. The highest BCUT2D eigenvalue weighted by molar-refractivity contribution is 6.34. The van der Waals surface area contributed by atoms with Crippen LogP contribution >= 0.6 is 23.2 Å². The lowest BCUT2D eigenvalue weighted by Crippen LogP contribution is -2.00. The molecule has 0 unspecified atom stereocenters. The zero-order valence-electron chi connectivity index (χ0n) is 11.0. The fraction of sp³-hybridized carbons (Fsp3) is 0.143. The molecule has 0 bridgehead atoms. The number of hydrogen-bond donors (Lipinski definition) is 2. The van der Waals surface area contributed by atoms with E-state index in [4.69, 9.17) is 38.4 Å². The van der Waals surface area contributed by atoms with Crippen molar-refractivity contribution in [3.63, 3.8) is 0 Å². The van der Waals surface area contributed by atoms with Crippen molar-refractivity contribution in [3.8, 4) is 11.5 Å². The molecule has 2 aromatic rings. The minimum absolute atomic E-state index is 0.460. The second kappa shape index (κ2) is 6.11. The van der Waals surface area contributed by atoms with E-state index in [2.05, 4.69) is 5.32 Å². The van der Waals surface area contributed by atoms with Crippen molar-refractivity contribution in [2.24, 2.45) is 0 Å². The number of nitrogens with one attached hydrogen (secondary N) is 1. The number of methoxy groups -OCH3 is 2. The van der Waals surface area contributed by atoms with E-state index in [-0.39, 0.29) is 0 Å². The zero-order chi connectivity index (χ0) is 14.7. The third-order valence-corrected chi connectivity index (χ3v) is 3.39. The molecule has 0 fully saturated rings. The Labute approximate surface area is 127 Å². The number of halogens is 2. The van der Waals surface area contributed by atoms with Crippen LogP contribution in [0, 0.1) is 0 Å². The SMILES string of the molecule is COc1cc(Nc2c(N)cccc2Cl)c(OC)cc1Cl. The Hall–Kier alpha value is -1.78. The van der Waals surface area contributed by atoms with Crippen LogP contribution in [-0.4, -0.2) is 14.2 Å². The molecule has 0 spiro atoms. The molecule has 0 saturated carbocycles. The van der Waals surface area contributed by atoms with Crippen LogP contribution in [0.4, 0.5) is 17.1 Å². The van der Waals surface area contributed by atoms with Crippen LogP contribution in [0.15, 0.2) is 30.3 Å². The molecule has 4 nitrogen and oxygen atoms in total. The summed E-state index contributed by atoms with van der Waals surface area (Å²) in [6.07, 6.45) is 0. The van der Waals surface area contributed by atoms with Crippen LogP contribution in [0.5, 0.6) is 11.5 Å². The van der Waals surface area contributed by atoms with Gasteiger partial charge in [-0.3, -0.25) is 0 Å². The molecular formula is C14H14Cl2N2O2. The monoisotopic (exact) mass is 312 g/mol. The Morgan fingerprint density at radius 1 is 1.00 bits per heavy atom. The number of nitrogen functional groups attached to an aromatic ring is 1. The van der Waals surface area contributed by atoms with Gasteiger partial charge in [0, 0.05) is 12.1 Å². The zero-order valence-corrected chi connectivity index (χ0v) is 12.5. The van der Waals surface area contributed by atoms with Crippen LogP contribution < -0.4 is 20.5 Å². The summed E-state index contributed by atoms with van der Waals surface area (Å²) in [5.74, 6) is 1.09. The van der Waals surface area contributed by atoms with Crippen molar-refractivity contribution in [2.75, 3.05) is 25.3 Å². The number of benzene rings is 2. The highest BCUT2D eigenvalue weighted by Crippen LogP contribution is 2.39. The molecule has 0 aliphatic carbocycles. The molecule has 0 aliphatic rings. The first-order valence-electron chi connectivity index (χ1n) is 5.79. The van der Waals surface area contributed by atoms with E-state index in [1.54, 1.807) is 44.6 Å². The summed E-state index contributed by atoms with van der Waals surface area (Å²) in [7, 11) is 3.10. The number of anilines is 3. The summed E-state index contributed by atoms with van der Waals surface area (Å²) in [6, 6.07) is 8.68. The Morgan fingerprint density at radius 2 is 1.70 bits per heavy atom. The first-order valence-corrected chi connectivity index (χ1v) is 6.55. The molecule has 0 atom stereocenters. The molecule has 0 saturated heterocycles. The van der Waals surface area contributed by atoms with Gasteiger partial charge >= 0.3 is 0 Å². The van der Waals surface area contributed by atoms with Crippen molar-refractivity contribution in [1.29, 1.82) is 0 Å². The van der Waals surface area contributed by atoms with Gasteiger partial charge < -0.3 is 20.5 Å². The second-order valence-electron chi connectivity index (χ2n) is 4.02. The summed E-state index contributed by atoms with van der Waals surface area (Å²) < 4.78 is 10.5. The van der Waals surface area contributed by atoms with E-state index in [1.165, 1.54) is 0 Å². The van der Waals surface area contributed by atoms with E-state index in [9.17, 15) is 0 Å². The van der Waals surface area contributed by atoms with Crippen molar-refractivity contribution in [2.45, 2.75) is 0 Å². The molecular weight excluding hydrogens is 299 g/mol. The Morgan fingerprint density at radius 3 is 2.30 bits per heavy atom. The van der Waals surface area contributed by atoms with Gasteiger partial charge in [-0.05, 0) is 12.1 Å². The summed E-state index contributed by atoms with van der Waals surface area (Å²) in [6.45, 7) is 0. The van der Waals surface area contributed by atoms with E-state index in [0.717, 1.165) is 0 Å². The first-order chi connectivity index (χ1) is 9.56. The fourth-order valence-electron chi connectivity index (χ4n) is 1.77. The normalized spacial score (nSPS) is 10.2. The lowest BCUT2D eigenvalue weighted by Gasteiger charge is -2.16. The molecule has 0 amide bonds. The molecule has 0 aromatic heterocycles. The van der Waals surface area contributed by atoms with Crippen LogP contribution in [-0.2, 0) is 0 Å². The van der Waals surface area contributed by atoms with Gasteiger partial charge in [-0.1, -0.05) is 29.3 Å². The summed E-state index contributed by atoms with van der Waals surface area (Å²) in [5.41, 5.74) is 7.72.